The lowest BCUT2D eigenvalue weighted by Gasteiger charge is -2.04. The predicted octanol–water partition coefficient (Wildman–Crippen LogP) is 3.69. The molecule has 0 fully saturated rings. The van der Waals surface area contributed by atoms with E-state index in [0.29, 0.717) is 5.89 Å². The normalized spacial score (nSPS) is 10.9. The topological polar surface area (TPSA) is 35.3 Å². The molecular weight excluding hydrogens is 270 g/mol. The molecule has 1 aromatic heterocycles. The molecule has 0 amide bonds. The smallest absolute Gasteiger partial charge is 0.192 e. The minimum Gasteiger partial charge on any atom is -0.494 e. The molecule has 3 nitrogen and oxygen atoms in total. The van der Waals surface area contributed by atoms with E-state index >= 15 is 0 Å². The van der Waals surface area contributed by atoms with Gasteiger partial charge in [0.1, 0.15) is 11.3 Å². The van der Waals surface area contributed by atoms with Gasteiger partial charge in [-0.2, -0.15) is 0 Å². The van der Waals surface area contributed by atoms with Gasteiger partial charge in [0.05, 0.1) is 6.61 Å². The summed E-state index contributed by atoms with van der Waals surface area (Å²) in [6, 6.07) is 5.73. The van der Waals surface area contributed by atoms with E-state index in [0.717, 1.165) is 41.6 Å². The molecule has 0 aliphatic heterocycles. The number of aromatic nitrogens is 1. The molecule has 86 valence electrons. The summed E-state index contributed by atoms with van der Waals surface area (Å²) in [4.78, 5) is 4.26. The highest BCUT2D eigenvalue weighted by Gasteiger charge is 2.03. The molecule has 0 aliphatic rings. The van der Waals surface area contributed by atoms with Crippen LogP contribution in [0.4, 0.5) is 0 Å². The number of halogens is 1. The molecule has 2 rings (SSSR count). The van der Waals surface area contributed by atoms with Crippen molar-refractivity contribution >= 4 is 27.0 Å². The van der Waals surface area contributed by atoms with Crippen molar-refractivity contribution in [2.75, 3.05) is 11.9 Å². The second kappa shape index (κ2) is 5.34. The van der Waals surface area contributed by atoms with Crippen molar-refractivity contribution < 1.29 is 9.15 Å². The molecule has 0 bridgehead atoms. The molecule has 0 N–H and O–H groups in total. The number of oxazole rings is 1. The standard InChI is InChI=1S/C12H14BrNO2/c1-9-14-11-8-10(4-5-12(11)16-9)15-7-3-2-6-13/h4-5,8H,2-3,6-7H2,1H3. The molecule has 2 aromatic rings. The summed E-state index contributed by atoms with van der Waals surface area (Å²) in [6.45, 7) is 2.59. The van der Waals surface area contributed by atoms with Gasteiger partial charge in [0.2, 0.25) is 0 Å². The molecule has 0 saturated carbocycles. The number of fused-ring (bicyclic) bond motifs is 1. The van der Waals surface area contributed by atoms with Gasteiger partial charge in [-0.3, -0.25) is 0 Å². The van der Waals surface area contributed by atoms with E-state index in [1.165, 1.54) is 0 Å². The lowest BCUT2D eigenvalue weighted by Crippen LogP contribution is -1.97. The average Bonchev–Trinajstić information content (AvgIpc) is 2.64. The minimum atomic E-state index is 0.687. The quantitative estimate of drug-likeness (QED) is 0.620. The lowest BCUT2D eigenvalue weighted by atomic mass is 10.3. The molecule has 16 heavy (non-hydrogen) atoms. The fourth-order valence-electron chi connectivity index (χ4n) is 1.50. The number of alkyl halides is 1. The second-order valence-corrected chi connectivity index (χ2v) is 4.40. The van der Waals surface area contributed by atoms with Crippen molar-refractivity contribution in [3.63, 3.8) is 0 Å². The zero-order valence-electron chi connectivity index (χ0n) is 9.20. The zero-order chi connectivity index (χ0) is 11.4. The highest BCUT2D eigenvalue weighted by molar-refractivity contribution is 9.09. The van der Waals surface area contributed by atoms with Gasteiger partial charge < -0.3 is 9.15 Å². The Kier molecular flexibility index (Phi) is 3.83. The summed E-state index contributed by atoms with van der Waals surface area (Å²) in [6.07, 6.45) is 2.19. The maximum absolute atomic E-state index is 5.62. The van der Waals surface area contributed by atoms with Gasteiger partial charge in [-0.05, 0) is 25.0 Å². The Morgan fingerprint density at radius 1 is 1.38 bits per heavy atom. The van der Waals surface area contributed by atoms with Crippen LogP contribution in [0.3, 0.4) is 0 Å². The van der Waals surface area contributed by atoms with Crippen LogP contribution in [0.2, 0.25) is 0 Å². The van der Waals surface area contributed by atoms with Crippen molar-refractivity contribution in [3.05, 3.63) is 24.1 Å². The van der Waals surface area contributed by atoms with Crippen molar-refractivity contribution in [3.8, 4) is 5.75 Å². The average molecular weight is 284 g/mol. The summed E-state index contributed by atoms with van der Waals surface area (Å²) in [5, 5.41) is 1.03. The van der Waals surface area contributed by atoms with Crippen LogP contribution in [0.25, 0.3) is 11.1 Å². The van der Waals surface area contributed by atoms with Crippen LogP contribution in [0.5, 0.6) is 5.75 Å². The fraction of sp³-hybridized carbons (Fsp3) is 0.417. The van der Waals surface area contributed by atoms with Gasteiger partial charge in [-0.25, -0.2) is 4.98 Å². The summed E-state index contributed by atoms with van der Waals surface area (Å²) in [5.41, 5.74) is 1.67. The molecule has 1 heterocycles. The third-order valence-electron chi connectivity index (χ3n) is 2.26. The van der Waals surface area contributed by atoms with E-state index in [4.69, 9.17) is 9.15 Å². The van der Waals surface area contributed by atoms with Gasteiger partial charge in [0.25, 0.3) is 0 Å². The molecule has 4 heteroatoms. The van der Waals surface area contributed by atoms with Crippen LogP contribution in [-0.2, 0) is 0 Å². The third kappa shape index (κ3) is 2.76. The van der Waals surface area contributed by atoms with Gasteiger partial charge in [-0.15, -0.1) is 0 Å². The first-order chi connectivity index (χ1) is 7.79. The van der Waals surface area contributed by atoms with E-state index in [-0.39, 0.29) is 0 Å². The van der Waals surface area contributed by atoms with E-state index < -0.39 is 0 Å². The molecule has 0 atom stereocenters. The molecular formula is C12H14BrNO2. The number of aryl methyl sites for hydroxylation is 1. The largest absolute Gasteiger partial charge is 0.494 e. The molecule has 0 aliphatic carbocycles. The van der Waals surface area contributed by atoms with Gasteiger partial charge >= 0.3 is 0 Å². The fourth-order valence-corrected chi connectivity index (χ4v) is 1.90. The van der Waals surface area contributed by atoms with Crippen molar-refractivity contribution in [1.82, 2.24) is 4.98 Å². The number of ether oxygens (including phenoxy) is 1. The molecule has 0 saturated heterocycles. The monoisotopic (exact) mass is 283 g/mol. The first-order valence-electron chi connectivity index (χ1n) is 5.35. The van der Waals surface area contributed by atoms with E-state index in [1.54, 1.807) is 0 Å². The molecule has 1 aromatic carbocycles. The lowest BCUT2D eigenvalue weighted by molar-refractivity contribution is 0.310. The van der Waals surface area contributed by atoms with Gasteiger partial charge in [-0.1, -0.05) is 15.9 Å². The van der Waals surface area contributed by atoms with E-state index in [9.17, 15) is 0 Å². The number of unbranched alkanes of at least 4 members (excludes halogenated alkanes) is 1. The number of hydrogen-bond donors (Lipinski definition) is 0. The Labute approximate surface area is 103 Å². The summed E-state index contributed by atoms with van der Waals surface area (Å²) < 4.78 is 11.0. The van der Waals surface area contributed by atoms with E-state index in [2.05, 4.69) is 20.9 Å². The maximum Gasteiger partial charge on any atom is 0.192 e. The van der Waals surface area contributed by atoms with Gasteiger partial charge in [0.15, 0.2) is 11.5 Å². The number of hydrogen-bond acceptors (Lipinski definition) is 3. The molecule has 0 radical (unpaired) electrons. The van der Waals surface area contributed by atoms with E-state index in [1.807, 2.05) is 25.1 Å². The van der Waals surface area contributed by atoms with Gasteiger partial charge in [0, 0.05) is 18.3 Å². The first kappa shape index (κ1) is 11.5. The zero-order valence-corrected chi connectivity index (χ0v) is 10.8. The van der Waals surface area contributed by atoms with Crippen LogP contribution in [0, 0.1) is 6.92 Å². The van der Waals surface area contributed by atoms with Crippen LogP contribution in [0.15, 0.2) is 22.6 Å². The summed E-state index contributed by atoms with van der Waals surface area (Å²) >= 11 is 3.39. The highest BCUT2D eigenvalue weighted by Crippen LogP contribution is 2.21. The van der Waals surface area contributed by atoms with Crippen molar-refractivity contribution in [2.45, 2.75) is 19.8 Å². The van der Waals surface area contributed by atoms with Crippen LogP contribution >= 0.6 is 15.9 Å². The maximum atomic E-state index is 5.62. The van der Waals surface area contributed by atoms with Crippen molar-refractivity contribution in [1.29, 1.82) is 0 Å². The Morgan fingerprint density at radius 3 is 3.06 bits per heavy atom. The Hall–Kier alpha value is -1.03. The molecule has 0 unspecified atom stereocenters. The van der Waals surface area contributed by atoms with Crippen LogP contribution in [0.1, 0.15) is 18.7 Å². The summed E-state index contributed by atoms with van der Waals surface area (Å²) in [7, 11) is 0. The SMILES string of the molecule is Cc1nc2cc(OCCCCBr)ccc2o1. The Bertz CT molecular complexity index is 467. The third-order valence-corrected chi connectivity index (χ3v) is 2.82. The van der Waals surface area contributed by atoms with Crippen molar-refractivity contribution in [2.24, 2.45) is 0 Å². The highest BCUT2D eigenvalue weighted by atomic mass is 79.9. The molecule has 0 spiro atoms. The van der Waals surface area contributed by atoms with Crippen LogP contribution < -0.4 is 4.74 Å². The second-order valence-electron chi connectivity index (χ2n) is 3.61. The minimum absolute atomic E-state index is 0.687. The number of rotatable bonds is 5. The number of benzene rings is 1. The summed E-state index contributed by atoms with van der Waals surface area (Å²) in [5.74, 6) is 1.54. The Morgan fingerprint density at radius 2 is 2.25 bits per heavy atom. The Balaban J connectivity index is 2.02. The first-order valence-corrected chi connectivity index (χ1v) is 6.48. The van der Waals surface area contributed by atoms with Crippen LogP contribution in [-0.4, -0.2) is 16.9 Å². The number of nitrogens with zero attached hydrogens (tertiary/aromatic N) is 1. The predicted molar refractivity (Wildman–Crippen MR) is 67.3 cm³/mol.